The Kier molecular flexibility index (Phi) is 4.47. The molecule has 0 saturated carbocycles. The van der Waals surface area contributed by atoms with Crippen molar-refractivity contribution in [2.75, 3.05) is 36.6 Å². The minimum atomic E-state index is -0.662. The first-order chi connectivity index (χ1) is 12.0. The molecule has 0 aliphatic carbocycles. The van der Waals surface area contributed by atoms with Crippen molar-refractivity contribution in [2.24, 2.45) is 0 Å². The zero-order chi connectivity index (χ0) is 17.6. The summed E-state index contributed by atoms with van der Waals surface area (Å²) in [6.07, 6.45) is 0. The number of nitrogens with zero attached hydrogens (tertiary/aromatic N) is 2. The van der Waals surface area contributed by atoms with E-state index in [-0.39, 0.29) is 30.3 Å². The van der Waals surface area contributed by atoms with Gasteiger partial charge in [-0.05, 0) is 18.2 Å². The molecule has 3 heterocycles. The van der Waals surface area contributed by atoms with E-state index in [2.05, 4.69) is 26.6 Å². The largest absolute Gasteiger partial charge is 0.337 e. The van der Waals surface area contributed by atoms with Gasteiger partial charge in [-0.25, -0.2) is 0 Å². The number of hydrogen-bond donors (Lipinski definition) is 2. The van der Waals surface area contributed by atoms with Gasteiger partial charge in [0.2, 0.25) is 11.8 Å². The van der Waals surface area contributed by atoms with Gasteiger partial charge in [-0.1, -0.05) is 15.9 Å². The zero-order valence-electron chi connectivity index (χ0n) is 13.3. The van der Waals surface area contributed by atoms with Gasteiger partial charge in [0.1, 0.15) is 6.04 Å². The quantitative estimate of drug-likeness (QED) is 0.693. The van der Waals surface area contributed by atoms with Crippen LogP contribution in [0.4, 0.5) is 5.69 Å². The van der Waals surface area contributed by atoms with E-state index in [0.717, 1.165) is 16.1 Å². The number of carbonyl (C=O) groups excluding carboxylic acids is 3. The van der Waals surface area contributed by atoms with E-state index in [1.165, 1.54) is 0 Å². The van der Waals surface area contributed by atoms with E-state index in [4.69, 9.17) is 0 Å². The van der Waals surface area contributed by atoms with Crippen LogP contribution >= 0.6 is 27.7 Å². The molecule has 9 heteroatoms. The normalized spacial score (nSPS) is 26.0. The predicted molar refractivity (Wildman–Crippen MR) is 98.4 cm³/mol. The van der Waals surface area contributed by atoms with Crippen LogP contribution in [0.5, 0.6) is 0 Å². The predicted octanol–water partition coefficient (Wildman–Crippen LogP) is 0.717. The molecule has 132 valence electrons. The second-order valence-electron chi connectivity index (χ2n) is 6.25. The molecule has 0 aromatic heterocycles. The van der Waals surface area contributed by atoms with Gasteiger partial charge in [0.25, 0.3) is 5.91 Å². The van der Waals surface area contributed by atoms with Crippen molar-refractivity contribution < 1.29 is 14.4 Å². The highest BCUT2D eigenvalue weighted by molar-refractivity contribution is 9.10. The first-order valence-corrected chi connectivity index (χ1v) is 10.0. The van der Waals surface area contributed by atoms with Gasteiger partial charge in [-0.15, -0.1) is 11.8 Å². The number of hydrogen-bond acceptors (Lipinski definition) is 5. The summed E-state index contributed by atoms with van der Waals surface area (Å²) in [6.45, 7) is 1.03. The molecular weight excluding hydrogens is 408 g/mol. The van der Waals surface area contributed by atoms with Crippen molar-refractivity contribution in [3.05, 3.63) is 28.2 Å². The van der Waals surface area contributed by atoms with Crippen molar-refractivity contribution in [2.45, 2.75) is 12.1 Å². The highest BCUT2D eigenvalue weighted by atomic mass is 79.9. The Balaban J connectivity index is 1.58. The second kappa shape index (κ2) is 6.62. The van der Waals surface area contributed by atoms with Crippen LogP contribution in [0.1, 0.15) is 10.4 Å². The monoisotopic (exact) mass is 424 g/mol. The molecule has 3 aliphatic heterocycles. The maximum atomic E-state index is 12.9. The minimum absolute atomic E-state index is 0.00871. The van der Waals surface area contributed by atoms with E-state index in [0.29, 0.717) is 24.3 Å². The summed E-state index contributed by atoms with van der Waals surface area (Å²) in [7, 11) is 0. The molecule has 4 rings (SSSR count). The standard InChI is InChI=1S/C16H17BrN4O3S/c17-9-1-2-11-10(5-9)15(23)21-4-3-20(6-13(21)14(22)19-11)16(24)12-7-25-8-18-12/h1-2,5,12-13,18H,3-4,6-8H2,(H,19,22)/t12-,13-/m1/s1. The maximum Gasteiger partial charge on any atom is 0.256 e. The van der Waals surface area contributed by atoms with Crippen LogP contribution in [-0.4, -0.2) is 70.9 Å². The highest BCUT2D eigenvalue weighted by Crippen LogP contribution is 2.28. The minimum Gasteiger partial charge on any atom is -0.337 e. The third kappa shape index (κ3) is 3.04. The average Bonchev–Trinajstić information content (AvgIpc) is 3.13. The van der Waals surface area contributed by atoms with Crippen LogP contribution in [0.15, 0.2) is 22.7 Å². The molecule has 2 atom stereocenters. The highest BCUT2D eigenvalue weighted by Gasteiger charge is 2.41. The van der Waals surface area contributed by atoms with Gasteiger partial charge in [0.05, 0.1) is 23.8 Å². The van der Waals surface area contributed by atoms with Crippen molar-refractivity contribution in [1.82, 2.24) is 15.1 Å². The third-order valence-electron chi connectivity index (χ3n) is 4.74. The van der Waals surface area contributed by atoms with Gasteiger partial charge < -0.3 is 15.1 Å². The van der Waals surface area contributed by atoms with Crippen molar-refractivity contribution in [1.29, 1.82) is 0 Å². The van der Waals surface area contributed by atoms with E-state index in [9.17, 15) is 14.4 Å². The van der Waals surface area contributed by atoms with Crippen molar-refractivity contribution >= 4 is 51.1 Å². The van der Waals surface area contributed by atoms with Crippen LogP contribution in [-0.2, 0) is 9.59 Å². The molecule has 7 nitrogen and oxygen atoms in total. The maximum absolute atomic E-state index is 12.9. The van der Waals surface area contributed by atoms with Crippen molar-refractivity contribution in [3.63, 3.8) is 0 Å². The van der Waals surface area contributed by atoms with Crippen LogP contribution < -0.4 is 10.6 Å². The number of thioether (sulfide) groups is 1. The Bertz CT molecular complexity index is 753. The molecule has 3 amide bonds. The summed E-state index contributed by atoms with van der Waals surface area (Å²) in [5.41, 5.74) is 0.984. The van der Waals surface area contributed by atoms with E-state index >= 15 is 0 Å². The Hall–Kier alpha value is -1.58. The molecule has 1 aromatic carbocycles. The first kappa shape index (κ1) is 16.9. The molecule has 2 fully saturated rings. The molecule has 0 radical (unpaired) electrons. The molecule has 2 N–H and O–H groups in total. The fourth-order valence-corrected chi connectivity index (χ4v) is 4.69. The SMILES string of the molecule is O=C1Nc2ccc(Br)cc2C(=O)N2CCN(C(=O)[C@H]3CSCN3)C[C@H]12. The summed E-state index contributed by atoms with van der Waals surface area (Å²) in [6, 6.07) is 4.36. The summed E-state index contributed by atoms with van der Waals surface area (Å²) < 4.78 is 0.783. The molecule has 25 heavy (non-hydrogen) atoms. The lowest BCUT2D eigenvalue weighted by molar-refractivity contribution is -0.137. The van der Waals surface area contributed by atoms with Crippen LogP contribution in [0.25, 0.3) is 0 Å². The number of halogens is 1. The zero-order valence-corrected chi connectivity index (χ0v) is 15.7. The van der Waals surface area contributed by atoms with E-state index in [1.807, 2.05) is 0 Å². The number of benzene rings is 1. The van der Waals surface area contributed by atoms with Gasteiger partial charge in [-0.2, -0.15) is 0 Å². The summed E-state index contributed by atoms with van der Waals surface area (Å²) in [4.78, 5) is 41.4. The van der Waals surface area contributed by atoms with Crippen LogP contribution in [0, 0.1) is 0 Å². The number of rotatable bonds is 1. The van der Waals surface area contributed by atoms with Gasteiger partial charge >= 0.3 is 0 Å². The lowest BCUT2D eigenvalue weighted by atomic mass is 10.1. The summed E-state index contributed by atoms with van der Waals surface area (Å²) in [5.74, 6) is 1.09. The smallest absolute Gasteiger partial charge is 0.256 e. The Morgan fingerprint density at radius 3 is 2.88 bits per heavy atom. The fourth-order valence-electron chi connectivity index (χ4n) is 3.40. The lowest BCUT2D eigenvalue weighted by Gasteiger charge is -2.40. The van der Waals surface area contributed by atoms with E-state index < -0.39 is 6.04 Å². The van der Waals surface area contributed by atoms with Gasteiger partial charge in [0, 0.05) is 29.2 Å². The number of carbonyl (C=O) groups is 3. The summed E-state index contributed by atoms with van der Waals surface area (Å²) >= 11 is 5.06. The Morgan fingerprint density at radius 1 is 1.28 bits per heavy atom. The molecule has 0 unspecified atom stereocenters. The average molecular weight is 425 g/mol. The Morgan fingerprint density at radius 2 is 2.12 bits per heavy atom. The number of piperazine rings is 1. The molecule has 3 aliphatic rings. The molecule has 0 spiro atoms. The van der Waals surface area contributed by atoms with E-state index in [1.54, 1.807) is 39.8 Å². The van der Waals surface area contributed by atoms with Gasteiger partial charge in [0.15, 0.2) is 0 Å². The van der Waals surface area contributed by atoms with Crippen LogP contribution in [0.2, 0.25) is 0 Å². The summed E-state index contributed by atoms with van der Waals surface area (Å²) in [5, 5.41) is 5.99. The number of anilines is 1. The fraction of sp³-hybridized carbons (Fsp3) is 0.438. The topological polar surface area (TPSA) is 81.8 Å². The number of fused-ring (bicyclic) bond motifs is 2. The first-order valence-electron chi connectivity index (χ1n) is 8.06. The Labute approximate surface area is 157 Å². The molecule has 2 saturated heterocycles. The lowest BCUT2D eigenvalue weighted by Crippen LogP contribution is -2.61. The second-order valence-corrected chi connectivity index (χ2v) is 8.20. The number of amides is 3. The molecular formula is C16H17BrN4O3S. The van der Waals surface area contributed by atoms with Gasteiger partial charge in [-0.3, -0.25) is 19.7 Å². The number of nitrogens with one attached hydrogen (secondary N) is 2. The molecule has 0 bridgehead atoms. The molecule has 1 aromatic rings. The van der Waals surface area contributed by atoms with Crippen LogP contribution in [0.3, 0.4) is 0 Å². The third-order valence-corrected chi connectivity index (χ3v) is 6.17. The van der Waals surface area contributed by atoms with Crippen molar-refractivity contribution in [3.8, 4) is 0 Å².